The van der Waals surface area contributed by atoms with Crippen LogP contribution in [-0.4, -0.2) is 48.4 Å². The average Bonchev–Trinajstić information content (AvgIpc) is 2.53. The van der Waals surface area contributed by atoms with E-state index in [4.69, 9.17) is 5.73 Å². The van der Waals surface area contributed by atoms with Crippen molar-refractivity contribution >= 4 is 5.91 Å². The van der Waals surface area contributed by atoms with Gasteiger partial charge in [-0.05, 0) is 37.8 Å². The molecule has 1 atom stereocenters. The number of rotatable bonds is 6. The van der Waals surface area contributed by atoms with E-state index in [9.17, 15) is 4.79 Å². The fraction of sp³-hybridized carbons (Fsp3) is 0.588. The Morgan fingerprint density at radius 1 is 1.38 bits per heavy atom. The lowest BCUT2D eigenvalue weighted by atomic mass is 9.97. The van der Waals surface area contributed by atoms with Crippen LogP contribution in [0.15, 0.2) is 30.3 Å². The number of likely N-dealkylation sites (tertiary alicyclic amines) is 1. The summed E-state index contributed by atoms with van der Waals surface area (Å²) >= 11 is 0. The first kappa shape index (κ1) is 16.0. The van der Waals surface area contributed by atoms with Crippen LogP contribution in [0.3, 0.4) is 0 Å². The van der Waals surface area contributed by atoms with Gasteiger partial charge in [0, 0.05) is 26.2 Å². The lowest BCUT2D eigenvalue weighted by Crippen LogP contribution is -2.44. The van der Waals surface area contributed by atoms with E-state index < -0.39 is 0 Å². The highest BCUT2D eigenvalue weighted by molar-refractivity contribution is 5.77. The lowest BCUT2D eigenvalue weighted by Gasteiger charge is -2.35. The molecule has 1 aromatic carbocycles. The Kier molecular flexibility index (Phi) is 6.21. The van der Waals surface area contributed by atoms with Gasteiger partial charge in [-0.2, -0.15) is 0 Å². The standard InChI is InChI=1S/C17H27N3O/c1-2-20(17(21)11-18)14-16-9-6-10-19(13-16)12-15-7-4-3-5-8-15/h3-5,7-8,16H,2,6,9-14,18H2,1H3. The molecule has 1 aromatic rings. The highest BCUT2D eigenvalue weighted by atomic mass is 16.2. The van der Waals surface area contributed by atoms with E-state index in [1.54, 1.807) is 0 Å². The molecule has 4 heteroatoms. The van der Waals surface area contributed by atoms with Crippen molar-refractivity contribution in [3.8, 4) is 0 Å². The highest BCUT2D eigenvalue weighted by Crippen LogP contribution is 2.19. The maximum absolute atomic E-state index is 11.8. The number of carbonyl (C=O) groups is 1. The molecule has 0 aromatic heterocycles. The second-order valence-electron chi connectivity index (χ2n) is 5.87. The van der Waals surface area contributed by atoms with Crippen LogP contribution >= 0.6 is 0 Å². The Labute approximate surface area is 127 Å². The normalized spacial score (nSPS) is 19.4. The number of benzene rings is 1. The van der Waals surface area contributed by atoms with Crippen LogP contribution in [0, 0.1) is 5.92 Å². The van der Waals surface area contributed by atoms with Crippen molar-refractivity contribution < 1.29 is 4.79 Å². The quantitative estimate of drug-likeness (QED) is 0.867. The van der Waals surface area contributed by atoms with E-state index in [0.717, 1.165) is 32.7 Å². The van der Waals surface area contributed by atoms with E-state index in [1.165, 1.54) is 18.4 Å². The van der Waals surface area contributed by atoms with Crippen LogP contribution in [0.1, 0.15) is 25.3 Å². The summed E-state index contributed by atoms with van der Waals surface area (Å²) in [5, 5.41) is 0. The van der Waals surface area contributed by atoms with Gasteiger partial charge in [0.05, 0.1) is 6.54 Å². The van der Waals surface area contributed by atoms with Crippen molar-refractivity contribution in [3.63, 3.8) is 0 Å². The molecular formula is C17H27N3O. The molecule has 116 valence electrons. The van der Waals surface area contributed by atoms with Crippen LogP contribution in [0.4, 0.5) is 0 Å². The predicted octanol–water partition coefficient (Wildman–Crippen LogP) is 1.71. The topological polar surface area (TPSA) is 49.6 Å². The fourth-order valence-electron chi connectivity index (χ4n) is 3.13. The molecule has 0 bridgehead atoms. The number of amides is 1. The summed E-state index contributed by atoms with van der Waals surface area (Å²) in [6.07, 6.45) is 2.42. The average molecular weight is 289 g/mol. The Morgan fingerprint density at radius 2 is 2.14 bits per heavy atom. The molecule has 1 heterocycles. The Bertz CT molecular complexity index is 435. The van der Waals surface area contributed by atoms with E-state index in [0.29, 0.717) is 5.92 Å². The molecule has 21 heavy (non-hydrogen) atoms. The van der Waals surface area contributed by atoms with E-state index in [1.807, 2.05) is 11.8 Å². The summed E-state index contributed by atoms with van der Waals surface area (Å²) < 4.78 is 0. The zero-order chi connectivity index (χ0) is 15.1. The second kappa shape index (κ2) is 8.15. The zero-order valence-corrected chi connectivity index (χ0v) is 13.0. The van der Waals surface area contributed by atoms with E-state index in [2.05, 4.69) is 35.2 Å². The lowest BCUT2D eigenvalue weighted by molar-refractivity contribution is -0.130. The fourth-order valence-corrected chi connectivity index (χ4v) is 3.13. The van der Waals surface area contributed by atoms with Crippen molar-refractivity contribution in [1.29, 1.82) is 0 Å². The van der Waals surface area contributed by atoms with E-state index >= 15 is 0 Å². The summed E-state index contributed by atoms with van der Waals surface area (Å²) in [6.45, 7) is 6.98. The van der Waals surface area contributed by atoms with Crippen molar-refractivity contribution in [2.24, 2.45) is 11.7 Å². The number of nitrogens with zero attached hydrogens (tertiary/aromatic N) is 2. The molecule has 1 unspecified atom stereocenters. The van der Waals surface area contributed by atoms with Crippen LogP contribution in [0.25, 0.3) is 0 Å². The molecule has 1 saturated heterocycles. The Morgan fingerprint density at radius 3 is 2.81 bits per heavy atom. The summed E-state index contributed by atoms with van der Waals surface area (Å²) in [6, 6.07) is 10.6. The van der Waals surface area contributed by atoms with Crippen molar-refractivity contribution in [3.05, 3.63) is 35.9 Å². The number of hydrogen-bond acceptors (Lipinski definition) is 3. The monoisotopic (exact) mass is 289 g/mol. The molecule has 1 aliphatic heterocycles. The molecule has 0 radical (unpaired) electrons. The third kappa shape index (κ3) is 4.83. The summed E-state index contributed by atoms with van der Waals surface area (Å²) in [5.74, 6) is 0.635. The van der Waals surface area contributed by atoms with Crippen LogP contribution < -0.4 is 5.73 Å². The molecule has 0 spiro atoms. The van der Waals surface area contributed by atoms with Gasteiger partial charge < -0.3 is 10.6 Å². The molecule has 1 aliphatic rings. The second-order valence-corrected chi connectivity index (χ2v) is 5.87. The molecule has 2 rings (SSSR count). The van der Waals surface area contributed by atoms with Gasteiger partial charge in [0.15, 0.2) is 0 Å². The number of nitrogens with two attached hydrogens (primary N) is 1. The molecule has 4 nitrogen and oxygen atoms in total. The minimum atomic E-state index is 0.0673. The Balaban J connectivity index is 1.87. The summed E-state index contributed by atoms with van der Waals surface area (Å²) in [5.41, 5.74) is 6.85. The largest absolute Gasteiger partial charge is 0.342 e. The molecule has 0 aliphatic carbocycles. The minimum absolute atomic E-state index is 0.0673. The van der Waals surface area contributed by atoms with Gasteiger partial charge >= 0.3 is 0 Å². The third-order valence-corrected chi connectivity index (χ3v) is 4.24. The van der Waals surface area contributed by atoms with Gasteiger partial charge in [0.1, 0.15) is 0 Å². The van der Waals surface area contributed by atoms with Crippen molar-refractivity contribution in [1.82, 2.24) is 9.80 Å². The number of piperidine rings is 1. The minimum Gasteiger partial charge on any atom is -0.342 e. The maximum Gasteiger partial charge on any atom is 0.236 e. The van der Waals surface area contributed by atoms with Gasteiger partial charge in [0.25, 0.3) is 0 Å². The van der Waals surface area contributed by atoms with Gasteiger partial charge in [-0.15, -0.1) is 0 Å². The maximum atomic E-state index is 11.8. The third-order valence-electron chi connectivity index (χ3n) is 4.24. The number of hydrogen-bond donors (Lipinski definition) is 1. The van der Waals surface area contributed by atoms with Crippen molar-refractivity contribution in [2.75, 3.05) is 32.7 Å². The number of likely N-dealkylation sites (N-methyl/N-ethyl adjacent to an activating group) is 1. The summed E-state index contributed by atoms with van der Waals surface area (Å²) in [7, 11) is 0. The molecule has 2 N–H and O–H groups in total. The van der Waals surface area contributed by atoms with Gasteiger partial charge in [-0.1, -0.05) is 30.3 Å². The first-order valence-electron chi connectivity index (χ1n) is 7.97. The highest BCUT2D eigenvalue weighted by Gasteiger charge is 2.23. The van der Waals surface area contributed by atoms with Crippen LogP contribution in [0.5, 0.6) is 0 Å². The number of carbonyl (C=O) groups excluding carboxylic acids is 1. The molecule has 1 fully saturated rings. The Hall–Kier alpha value is -1.39. The first-order chi connectivity index (χ1) is 10.2. The van der Waals surface area contributed by atoms with Crippen molar-refractivity contribution in [2.45, 2.75) is 26.3 Å². The first-order valence-corrected chi connectivity index (χ1v) is 7.97. The zero-order valence-electron chi connectivity index (χ0n) is 13.0. The van der Waals surface area contributed by atoms with Gasteiger partial charge in [-0.25, -0.2) is 0 Å². The molecule has 1 amide bonds. The summed E-state index contributed by atoms with van der Waals surface area (Å²) in [4.78, 5) is 16.2. The smallest absolute Gasteiger partial charge is 0.236 e. The van der Waals surface area contributed by atoms with Gasteiger partial charge in [0.2, 0.25) is 5.91 Å². The van der Waals surface area contributed by atoms with Crippen LogP contribution in [-0.2, 0) is 11.3 Å². The van der Waals surface area contributed by atoms with Gasteiger partial charge in [-0.3, -0.25) is 9.69 Å². The SMILES string of the molecule is CCN(CC1CCCN(Cc2ccccc2)C1)C(=O)CN. The van der Waals surface area contributed by atoms with Crippen LogP contribution in [0.2, 0.25) is 0 Å². The molecule has 0 saturated carbocycles. The van der Waals surface area contributed by atoms with E-state index in [-0.39, 0.29) is 12.5 Å². The predicted molar refractivity (Wildman–Crippen MR) is 85.8 cm³/mol. The molecular weight excluding hydrogens is 262 g/mol.